The molecule has 1 aliphatic heterocycles. The second kappa shape index (κ2) is 8.34. The van der Waals surface area contributed by atoms with Gasteiger partial charge in [0.2, 0.25) is 11.8 Å². The summed E-state index contributed by atoms with van der Waals surface area (Å²) in [6, 6.07) is 4.83. The summed E-state index contributed by atoms with van der Waals surface area (Å²) in [5.41, 5.74) is 0.789. The highest BCUT2D eigenvalue weighted by atomic mass is 32.2. The molecule has 0 spiro atoms. The monoisotopic (exact) mass is 351 g/mol. The highest BCUT2D eigenvalue weighted by Gasteiger charge is 2.17. The molecule has 0 aliphatic carbocycles. The maximum Gasteiger partial charge on any atom is 0.338 e. The first-order chi connectivity index (χ1) is 11.5. The van der Waals surface area contributed by atoms with Crippen molar-refractivity contribution in [3.05, 3.63) is 23.8 Å². The predicted molar refractivity (Wildman–Crippen MR) is 87.8 cm³/mol. The smallest absolute Gasteiger partial charge is 0.338 e. The van der Waals surface area contributed by atoms with Crippen LogP contribution in [0.1, 0.15) is 16.8 Å². The van der Waals surface area contributed by atoms with Crippen LogP contribution in [-0.4, -0.2) is 49.6 Å². The highest BCUT2D eigenvalue weighted by molar-refractivity contribution is 7.99. The largest absolute Gasteiger partial charge is 0.452 e. The lowest BCUT2D eigenvalue weighted by Gasteiger charge is -2.09. The fourth-order valence-electron chi connectivity index (χ4n) is 1.88. The molecule has 0 unspecified atom stereocenters. The molecule has 0 saturated heterocycles. The molecule has 1 aliphatic rings. The van der Waals surface area contributed by atoms with E-state index in [1.165, 1.54) is 24.9 Å². The van der Waals surface area contributed by atoms with Crippen LogP contribution in [0, 0.1) is 0 Å². The van der Waals surface area contributed by atoms with Crippen molar-refractivity contribution in [1.29, 1.82) is 0 Å². The Bertz CT molecular complexity index is 677. The summed E-state index contributed by atoms with van der Waals surface area (Å²) in [6.07, 6.45) is 0.407. The molecule has 0 radical (unpaired) electrons. The normalized spacial score (nSPS) is 13.1. The van der Waals surface area contributed by atoms with Crippen LogP contribution in [0.15, 0.2) is 23.1 Å². The fourth-order valence-corrected chi connectivity index (χ4v) is 2.82. The van der Waals surface area contributed by atoms with E-state index < -0.39 is 18.5 Å². The minimum Gasteiger partial charge on any atom is -0.452 e. The number of likely N-dealkylation sites (N-methyl/N-ethyl adjacent to an activating group) is 1. The number of carbonyl (C=O) groups is 4. The van der Waals surface area contributed by atoms with Gasteiger partial charge in [0.25, 0.3) is 5.91 Å². The number of hydrogen-bond acceptors (Lipinski definition) is 6. The van der Waals surface area contributed by atoms with Crippen molar-refractivity contribution in [2.45, 2.75) is 11.3 Å². The Morgan fingerprint density at radius 2 is 2.08 bits per heavy atom. The zero-order valence-electron chi connectivity index (χ0n) is 13.0. The third-order valence-electron chi connectivity index (χ3n) is 3.14. The summed E-state index contributed by atoms with van der Waals surface area (Å²) in [6.45, 7) is -0.678. The van der Waals surface area contributed by atoms with Gasteiger partial charge in [-0.3, -0.25) is 14.4 Å². The number of anilines is 1. The zero-order chi connectivity index (χ0) is 17.5. The number of hydrogen-bond donors (Lipinski definition) is 3. The van der Waals surface area contributed by atoms with Gasteiger partial charge in [0, 0.05) is 24.1 Å². The first kappa shape index (κ1) is 17.8. The van der Waals surface area contributed by atoms with Gasteiger partial charge in [-0.25, -0.2) is 4.79 Å². The van der Waals surface area contributed by atoms with E-state index in [2.05, 4.69) is 16.0 Å². The molecule has 0 saturated carbocycles. The van der Waals surface area contributed by atoms with E-state index in [4.69, 9.17) is 4.74 Å². The SMILES string of the molecule is CNC(=O)CNC(=O)COC(=O)c1ccc2c(c1)NC(=O)CCS2. The van der Waals surface area contributed by atoms with E-state index in [9.17, 15) is 19.2 Å². The second-order valence-corrected chi connectivity index (χ2v) is 6.02. The summed E-state index contributed by atoms with van der Waals surface area (Å²) in [4.78, 5) is 46.9. The third kappa shape index (κ3) is 4.98. The van der Waals surface area contributed by atoms with Crippen LogP contribution in [0.5, 0.6) is 0 Å². The highest BCUT2D eigenvalue weighted by Crippen LogP contribution is 2.31. The van der Waals surface area contributed by atoms with E-state index in [0.717, 1.165) is 4.90 Å². The second-order valence-electron chi connectivity index (χ2n) is 4.88. The van der Waals surface area contributed by atoms with Crippen LogP contribution < -0.4 is 16.0 Å². The van der Waals surface area contributed by atoms with Crippen molar-refractivity contribution in [2.75, 3.05) is 31.3 Å². The van der Waals surface area contributed by atoms with Gasteiger partial charge in [0.1, 0.15) is 0 Å². The van der Waals surface area contributed by atoms with Crippen LogP contribution in [0.3, 0.4) is 0 Å². The number of fused-ring (bicyclic) bond motifs is 1. The molecule has 8 nitrogen and oxygen atoms in total. The lowest BCUT2D eigenvalue weighted by atomic mass is 10.2. The van der Waals surface area contributed by atoms with Crippen molar-refractivity contribution in [2.24, 2.45) is 0 Å². The summed E-state index contributed by atoms with van der Waals surface area (Å²) in [7, 11) is 1.45. The average molecular weight is 351 g/mol. The molecule has 1 aromatic carbocycles. The third-order valence-corrected chi connectivity index (χ3v) is 4.21. The topological polar surface area (TPSA) is 114 Å². The molecule has 0 bridgehead atoms. The van der Waals surface area contributed by atoms with Crippen molar-refractivity contribution < 1.29 is 23.9 Å². The Balaban J connectivity index is 1.92. The zero-order valence-corrected chi connectivity index (χ0v) is 13.8. The van der Waals surface area contributed by atoms with Crippen LogP contribution in [0.25, 0.3) is 0 Å². The molecule has 0 fully saturated rings. The van der Waals surface area contributed by atoms with Gasteiger partial charge < -0.3 is 20.7 Å². The van der Waals surface area contributed by atoms with E-state index >= 15 is 0 Å². The summed E-state index contributed by atoms with van der Waals surface area (Å²) in [5.74, 6) is -1.05. The van der Waals surface area contributed by atoms with Crippen molar-refractivity contribution in [3.63, 3.8) is 0 Å². The minimum atomic E-state index is -0.684. The number of nitrogens with one attached hydrogen (secondary N) is 3. The lowest BCUT2D eigenvalue weighted by Crippen LogP contribution is -2.37. The molecule has 9 heteroatoms. The Kier molecular flexibility index (Phi) is 6.19. The van der Waals surface area contributed by atoms with Gasteiger partial charge in [0.15, 0.2) is 6.61 Å². The number of esters is 1. The molecule has 24 heavy (non-hydrogen) atoms. The van der Waals surface area contributed by atoms with Crippen molar-refractivity contribution in [3.8, 4) is 0 Å². The van der Waals surface area contributed by atoms with Crippen molar-refractivity contribution >= 4 is 41.1 Å². The molecule has 2 rings (SSSR count). The Morgan fingerprint density at radius 1 is 1.29 bits per heavy atom. The number of benzene rings is 1. The molecule has 3 N–H and O–H groups in total. The molecule has 1 aromatic rings. The van der Waals surface area contributed by atoms with Crippen LogP contribution >= 0.6 is 11.8 Å². The number of thioether (sulfide) groups is 1. The van der Waals surface area contributed by atoms with Gasteiger partial charge in [-0.15, -0.1) is 11.8 Å². The first-order valence-corrected chi connectivity index (χ1v) is 8.19. The Morgan fingerprint density at radius 3 is 2.83 bits per heavy atom. The quantitative estimate of drug-likeness (QED) is 0.650. The van der Waals surface area contributed by atoms with E-state index in [1.54, 1.807) is 12.1 Å². The fraction of sp³-hybridized carbons (Fsp3) is 0.333. The van der Waals surface area contributed by atoms with Crippen molar-refractivity contribution in [1.82, 2.24) is 10.6 Å². The number of rotatable bonds is 5. The van der Waals surface area contributed by atoms with Crippen LogP contribution in [-0.2, 0) is 19.1 Å². The Hall–Kier alpha value is -2.55. The molecule has 0 atom stereocenters. The van der Waals surface area contributed by atoms with Gasteiger partial charge >= 0.3 is 5.97 Å². The van der Waals surface area contributed by atoms with Gasteiger partial charge in [-0.2, -0.15) is 0 Å². The molecule has 128 valence electrons. The number of amides is 3. The maximum atomic E-state index is 12.0. The molecular formula is C15H17N3O5S. The van der Waals surface area contributed by atoms with Gasteiger partial charge in [-0.1, -0.05) is 0 Å². The average Bonchev–Trinajstić information content (AvgIpc) is 2.77. The first-order valence-electron chi connectivity index (χ1n) is 7.20. The molecule has 3 amide bonds. The summed E-state index contributed by atoms with van der Waals surface area (Å²) in [5, 5.41) is 7.40. The van der Waals surface area contributed by atoms with Gasteiger partial charge in [0.05, 0.1) is 17.8 Å². The predicted octanol–water partition coefficient (Wildman–Crippen LogP) is 0.140. The maximum absolute atomic E-state index is 12.0. The number of ether oxygens (including phenoxy) is 1. The van der Waals surface area contributed by atoms with E-state index in [0.29, 0.717) is 17.9 Å². The lowest BCUT2D eigenvalue weighted by molar-refractivity contribution is -0.127. The Labute approximate surface area is 142 Å². The molecule has 0 aromatic heterocycles. The molecule has 1 heterocycles. The molecular weight excluding hydrogens is 334 g/mol. The summed E-state index contributed by atoms with van der Waals surface area (Å²) >= 11 is 1.53. The van der Waals surface area contributed by atoms with Gasteiger partial charge in [-0.05, 0) is 18.2 Å². The van der Waals surface area contributed by atoms with Crippen LogP contribution in [0.4, 0.5) is 5.69 Å². The summed E-state index contributed by atoms with van der Waals surface area (Å²) < 4.78 is 4.90. The number of carbonyl (C=O) groups excluding carboxylic acids is 4. The standard InChI is InChI=1S/C15H17N3O5S/c1-16-13(20)7-17-14(21)8-23-15(22)9-2-3-11-10(6-9)18-12(19)4-5-24-11/h2-3,6H,4-5,7-8H2,1H3,(H,16,20)(H,17,21)(H,18,19). The minimum absolute atomic E-state index is 0.111. The van der Waals surface area contributed by atoms with Crippen LogP contribution in [0.2, 0.25) is 0 Å². The van der Waals surface area contributed by atoms with E-state index in [1.807, 2.05) is 0 Å². The van der Waals surface area contributed by atoms with E-state index in [-0.39, 0.29) is 23.9 Å².